The Morgan fingerprint density at radius 1 is 1.29 bits per heavy atom. The normalized spacial score (nSPS) is 20.9. The molecule has 1 aliphatic heterocycles. The van der Waals surface area contributed by atoms with Gasteiger partial charge in [-0.25, -0.2) is 14.8 Å². The Balaban J connectivity index is 1.68. The number of aromatic nitrogens is 2. The van der Waals surface area contributed by atoms with Gasteiger partial charge in [0.15, 0.2) is 0 Å². The van der Waals surface area contributed by atoms with Crippen LogP contribution in [-0.2, 0) is 11.2 Å². The van der Waals surface area contributed by atoms with E-state index in [0.717, 1.165) is 29.9 Å². The van der Waals surface area contributed by atoms with Crippen molar-refractivity contribution in [3.05, 3.63) is 17.6 Å². The second-order valence-electron chi connectivity index (χ2n) is 7.43. The van der Waals surface area contributed by atoms with Crippen molar-refractivity contribution in [3.63, 3.8) is 0 Å². The number of carbonyl (C=O) groups is 1. The third kappa shape index (κ3) is 3.45. The summed E-state index contributed by atoms with van der Waals surface area (Å²) in [6, 6.07) is 0. The molecule has 1 fully saturated rings. The van der Waals surface area contributed by atoms with Crippen molar-refractivity contribution in [2.24, 2.45) is 0 Å². The van der Waals surface area contributed by atoms with E-state index in [9.17, 15) is 9.90 Å². The molecule has 0 radical (unpaired) electrons. The van der Waals surface area contributed by atoms with Crippen molar-refractivity contribution in [1.29, 1.82) is 0 Å². The largest absolute Gasteiger partial charge is 0.444 e. The van der Waals surface area contributed by atoms with Crippen molar-refractivity contribution in [3.8, 4) is 0 Å². The molecule has 7 heteroatoms. The molecule has 24 heavy (non-hydrogen) atoms. The summed E-state index contributed by atoms with van der Waals surface area (Å²) in [5.74, 6) is 1.04. The number of ether oxygens (including phenoxy) is 1. The van der Waals surface area contributed by atoms with Gasteiger partial charge in [0.05, 0.1) is 6.61 Å². The highest BCUT2D eigenvalue weighted by molar-refractivity contribution is 5.68. The molecular formula is C17H26N4O3. The quantitative estimate of drug-likeness (QED) is 0.884. The first kappa shape index (κ1) is 17.0. The summed E-state index contributed by atoms with van der Waals surface area (Å²) in [4.78, 5) is 24.9. The summed E-state index contributed by atoms with van der Waals surface area (Å²) in [6.45, 7) is 8.39. The molecule has 7 nitrogen and oxygen atoms in total. The number of fused-ring (bicyclic) bond motifs is 1. The third-order valence-electron chi connectivity index (χ3n) is 4.53. The van der Waals surface area contributed by atoms with Gasteiger partial charge >= 0.3 is 6.09 Å². The van der Waals surface area contributed by atoms with Crippen LogP contribution in [0.15, 0.2) is 6.33 Å². The van der Waals surface area contributed by atoms with E-state index >= 15 is 0 Å². The molecule has 1 aromatic heterocycles. The van der Waals surface area contributed by atoms with Gasteiger partial charge in [0.2, 0.25) is 0 Å². The molecule has 2 aliphatic rings. The lowest BCUT2D eigenvalue weighted by Gasteiger charge is -2.37. The number of aliphatic hydroxyl groups is 1. The molecule has 1 amide bonds. The first-order valence-electron chi connectivity index (χ1n) is 8.56. The zero-order chi connectivity index (χ0) is 17.3. The summed E-state index contributed by atoms with van der Waals surface area (Å²) in [5, 5.41) is 9.62. The number of nitrogens with zero attached hydrogens (tertiary/aromatic N) is 4. The van der Waals surface area contributed by atoms with Gasteiger partial charge in [-0.2, -0.15) is 0 Å². The fraction of sp³-hybridized carbons (Fsp3) is 0.706. The summed E-state index contributed by atoms with van der Waals surface area (Å²) in [6.07, 6.45) is 3.17. The smallest absolute Gasteiger partial charge is 0.410 e. The summed E-state index contributed by atoms with van der Waals surface area (Å²) >= 11 is 0. The van der Waals surface area contributed by atoms with E-state index < -0.39 is 5.60 Å². The Morgan fingerprint density at radius 3 is 2.62 bits per heavy atom. The molecule has 1 aromatic rings. The van der Waals surface area contributed by atoms with E-state index in [1.54, 1.807) is 11.2 Å². The van der Waals surface area contributed by atoms with Crippen LogP contribution in [-0.4, -0.2) is 64.5 Å². The minimum absolute atomic E-state index is 0.125. The van der Waals surface area contributed by atoms with E-state index in [-0.39, 0.29) is 18.6 Å². The third-order valence-corrected chi connectivity index (χ3v) is 4.53. The second-order valence-corrected chi connectivity index (χ2v) is 7.43. The number of hydrogen-bond acceptors (Lipinski definition) is 6. The Labute approximate surface area is 142 Å². The zero-order valence-electron chi connectivity index (χ0n) is 14.7. The molecule has 1 N–H and O–H groups in total. The summed E-state index contributed by atoms with van der Waals surface area (Å²) < 4.78 is 5.44. The molecule has 1 aliphatic carbocycles. The van der Waals surface area contributed by atoms with Gasteiger partial charge in [0, 0.05) is 43.4 Å². The molecular weight excluding hydrogens is 308 g/mol. The highest BCUT2D eigenvalue weighted by atomic mass is 16.6. The van der Waals surface area contributed by atoms with Gasteiger partial charge in [0.1, 0.15) is 17.7 Å². The van der Waals surface area contributed by atoms with Crippen molar-refractivity contribution >= 4 is 11.9 Å². The number of aryl methyl sites for hydroxylation is 1. The molecule has 0 aromatic carbocycles. The predicted molar refractivity (Wildman–Crippen MR) is 90.2 cm³/mol. The van der Waals surface area contributed by atoms with Gasteiger partial charge < -0.3 is 19.6 Å². The number of carbonyl (C=O) groups excluding carboxylic acids is 1. The van der Waals surface area contributed by atoms with E-state index in [4.69, 9.17) is 4.74 Å². The van der Waals surface area contributed by atoms with Crippen molar-refractivity contribution in [2.75, 3.05) is 37.7 Å². The summed E-state index contributed by atoms with van der Waals surface area (Å²) in [7, 11) is 0. The summed E-state index contributed by atoms with van der Waals surface area (Å²) in [5.41, 5.74) is 1.66. The number of anilines is 1. The zero-order valence-corrected chi connectivity index (χ0v) is 14.7. The van der Waals surface area contributed by atoms with Gasteiger partial charge in [-0.05, 0) is 33.6 Å². The van der Waals surface area contributed by atoms with Gasteiger partial charge in [-0.15, -0.1) is 0 Å². The van der Waals surface area contributed by atoms with Crippen LogP contribution in [0.4, 0.5) is 10.6 Å². The number of rotatable bonds is 2. The number of piperazine rings is 1. The molecule has 0 saturated carbocycles. The van der Waals surface area contributed by atoms with Gasteiger partial charge in [-0.3, -0.25) is 0 Å². The molecule has 0 bridgehead atoms. The molecule has 1 unspecified atom stereocenters. The predicted octanol–water partition coefficient (Wildman–Crippen LogP) is 1.56. The van der Waals surface area contributed by atoms with Crippen LogP contribution in [0.2, 0.25) is 0 Å². The van der Waals surface area contributed by atoms with Crippen LogP contribution >= 0.6 is 0 Å². The van der Waals surface area contributed by atoms with E-state index in [1.807, 2.05) is 20.8 Å². The Hall–Kier alpha value is -1.89. The lowest BCUT2D eigenvalue weighted by Crippen LogP contribution is -2.50. The maximum Gasteiger partial charge on any atom is 0.410 e. The first-order chi connectivity index (χ1) is 11.4. The Kier molecular flexibility index (Phi) is 4.62. The number of amides is 1. The second kappa shape index (κ2) is 6.55. The van der Waals surface area contributed by atoms with Crippen LogP contribution < -0.4 is 4.90 Å². The van der Waals surface area contributed by atoms with E-state index in [0.29, 0.717) is 26.2 Å². The maximum atomic E-state index is 12.2. The monoisotopic (exact) mass is 334 g/mol. The van der Waals surface area contributed by atoms with E-state index in [2.05, 4.69) is 14.9 Å². The SMILES string of the molecule is CC(C)(C)OC(=O)N1CCN(c2ncnc3c2C(CO)CC3)CC1. The fourth-order valence-corrected chi connectivity index (χ4v) is 3.36. The van der Waals surface area contributed by atoms with Crippen molar-refractivity contribution in [2.45, 2.75) is 45.1 Å². The lowest BCUT2D eigenvalue weighted by molar-refractivity contribution is 0.0240. The Morgan fingerprint density at radius 2 is 2.00 bits per heavy atom. The highest BCUT2D eigenvalue weighted by Crippen LogP contribution is 2.37. The average Bonchev–Trinajstić information content (AvgIpc) is 2.96. The van der Waals surface area contributed by atoms with Crippen molar-refractivity contribution < 1.29 is 14.6 Å². The minimum Gasteiger partial charge on any atom is -0.444 e. The topological polar surface area (TPSA) is 78.8 Å². The van der Waals surface area contributed by atoms with Gasteiger partial charge in [0.25, 0.3) is 0 Å². The first-order valence-corrected chi connectivity index (χ1v) is 8.56. The molecule has 1 atom stereocenters. The van der Waals surface area contributed by atoms with Crippen LogP contribution in [0, 0.1) is 0 Å². The average molecular weight is 334 g/mol. The fourth-order valence-electron chi connectivity index (χ4n) is 3.36. The van der Waals surface area contributed by atoms with Crippen LogP contribution in [0.5, 0.6) is 0 Å². The molecule has 132 valence electrons. The molecule has 0 spiro atoms. The lowest BCUT2D eigenvalue weighted by atomic mass is 10.0. The molecule has 2 heterocycles. The molecule has 1 saturated heterocycles. The van der Waals surface area contributed by atoms with Crippen molar-refractivity contribution in [1.82, 2.24) is 14.9 Å². The minimum atomic E-state index is -0.476. The van der Waals surface area contributed by atoms with Gasteiger partial charge in [-0.1, -0.05) is 0 Å². The Bertz CT molecular complexity index is 606. The maximum absolute atomic E-state index is 12.2. The highest BCUT2D eigenvalue weighted by Gasteiger charge is 2.32. The number of aliphatic hydroxyl groups excluding tert-OH is 1. The van der Waals surface area contributed by atoms with Crippen LogP contribution in [0.25, 0.3) is 0 Å². The van der Waals surface area contributed by atoms with Crippen LogP contribution in [0.3, 0.4) is 0 Å². The number of hydrogen-bond donors (Lipinski definition) is 1. The van der Waals surface area contributed by atoms with Crippen LogP contribution in [0.1, 0.15) is 44.4 Å². The standard InChI is InChI=1S/C17H26N4O3/c1-17(2,3)24-16(23)21-8-6-20(7-9-21)15-14-12(10-22)4-5-13(14)18-11-19-15/h11-12,22H,4-10H2,1-3H3. The molecule has 3 rings (SSSR count). The van der Waals surface area contributed by atoms with E-state index in [1.165, 1.54) is 0 Å².